The normalized spacial score (nSPS) is 14.0. The molecule has 2 heterocycles. The van der Waals surface area contributed by atoms with Gasteiger partial charge in [-0.25, -0.2) is 4.98 Å². The maximum Gasteiger partial charge on any atom is 0.261 e. The van der Waals surface area contributed by atoms with Crippen LogP contribution in [0.5, 0.6) is 11.5 Å². The first-order valence-corrected chi connectivity index (χ1v) is 12.6. The number of carbonyl (C=O) groups is 1. The van der Waals surface area contributed by atoms with Gasteiger partial charge in [-0.1, -0.05) is 38.9 Å². The number of rotatable bonds is 8. The van der Waals surface area contributed by atoms with Crippen LogP contribution in [-0.4, -0.2) is 69.4 Å². The highest BCUT2D eigenvalue weighted by atomic mass is 79.9. The van der Waals surface area contributed by atoms with E-state index >= 15 is 0 Å². The lowest BCUT2D eigenvalue weighted by atomic mass is 10.2. The summed E-state index contributed by atoms with van der Waals surface area (Å²) in [6.45, 7) is 4.67. The number of hydrogen-bond donors (Lipinski definition) is 0. The number of benzene rings is 2. The van der Waals surface area contributed by atoms with Crippen molar-refractivity contribution in [2.24, 2.45) is 0 Å². The molecule has 0 N–H and O–H groups in total. The molecule has 0 bridgehead atoms. The van der Waals surface area contributed by atoms with Crippen LogP contribution in [0.4, 0.5) is 5.13 Å². The molecule has 2 aromatic carbocycles. The van der Waals surface area contributed by atoms with E-state index in [0.29, 0.717) is 39.3 Å². The Kier molecular flexibility index (Phi) is 9.82. The molecule has 0 atom stereocenters. The minimum atomic E-state index is -0.194. The highest BCUT2D eigenvalue weighted by Crippen LogP contribution is 2.40. The van der Waals surface area contributed by atoms with E-state index < -0.39 is 0 Å². The van der Waals surface area contributed by atoms with Crippen molar-refractivity contribution in [3.05, 3.63) is 45.4 Å². The Morgan fingerprint density at radius 3 is 2.62 bits per heavy atom. The Hall–Kier alpha value is -1.62. The summed E-state index contributed by atoms with van der Waals surface area (Å²) in [5.41, 5.74) is 1.10. The van der Waals surface area contributed by atoms with Gasteiger partial charge in [-0.15, -0.1) is 12.4 Å². The number of morpholine rings is 1. The van der Waals surface area contributed by atoms with E-state index in [9.17, 15) is 4.79 Å². The molecule has 11 heteroatoms. The van der Waals surface area contributed by atoms with E-state index in [1.165, 1.54) is 11.3 Å². The summed E-state index contributed by atoms with van der Waals surface area (Å²) in [6.07, 6.45) is 0.793. The van der Waals surface area contributed by atoms with E-state index in [1.54, 1.807) is 31.3 Å². The van der Waals surface area contributed by atoms with Crippen LogP contribution in [0.1, 0.15) is 16.8 Å². The third kappa shape index (κ3) is 5.95. The highest BCUT2D eigenvalue weighted by molar-refractivity contribution is 9.10. The second-order valence-electron chi connectivity index (χ2n) is 7.53. The molecule has 0 spiro atoms. The second-order valence-corrected chi connectivity index (χ2v) is 9.83. The summed E-state index contributed by atoms with van der Waals surface area (Å²) < 4.78 is 18.1. The van der Waals surface area contributed by atoms with Crippen molar-refractivity contribution in [1.82, 2.24) is 9.88 Å². The highest BCUT2D eigenvalue weighted by Gasteiger charge is 2.25. The van der Waals surface area contributed by atoms with Crippen molar-refractivity contribution < 1.29 is 19.0 Å². The fourth-order valence-electron chi connectivity index (χ4n) is 3.76. The number of carbonyl (C=O) groups excluding carboxylic acids is 1. The number of hydrogen-bond acceptors (Lipinski definition) is 7. The molecule has 34 heavy (non-hydrogen) atoms. The Morgan fingerprint density at radius 2 is 1.91 bits per heavy atom. The summed E-state index contributed by atoms with van der Waals surface area (Å²) in [5.74, 6) is 1.13. The van der Waals surface area contributed by atoms with E-state index in [2.05, 4.69) is 20.8 Å². The molecule has 0 aliphatic carbocycles. The Bertz CT molecular complexity index is 1100. The standard InChI is InChI=1S/C23H25BrClN3O4S.ClH/c1-30-18-6-7-19(31-2)21-20(18)26-23(33-21)28(9-3-8-27-10-12-32-13-11-27)22(29)16-14-15(24)4-5-17(16)25;/h4-7,14H,3,8-13H2,1-2H3;1H. The molecule has 7 nitrogen and oxygen atoms in total. The fourth-order valence-corrected chi connectivity index (χ4v) is 5.42. The number of thiazole rings is 1. The first-order chi connectivity index (χ1) is 16.0. The SMILES string of the molecule is COc1ccc(OC)c2sc(N(CCCN3CCOCC3)C(=O)c3cc(Br)ccc3Cl)nc12.Cl. The molecule has 3 aromatic rings. The van der Waals surface area contributed by atoms with Crippen LogP contribution >= 0.6 is 51.3 Å². The minimum Gasteiger partial charge on any atom is -0.495 e. The average molecular weight is 591 g/mol. The van der Waals surface area contributed by atoms with Crippen LogP contribution in [0.15, 0.2) is 34.8 Å². The zero-order valence-corrected chi connectivity index (χ0v) is 22.9. The van der Waals surface area contributed by atoms with Gasteiger partial charge in [-0.3, -0.25) is 14.6 Å². The maximum atomic E-state index is 13.7. The molecular weight excluding hydrogens is 565 g/mol. The van der Waals surface area contributed by atoms with Gasteiger partial charge < -0.3 is 14.2 Å². The molecule has 1 aliphatic heterocycles. The lowest BCUT2D eigenvalue weighted by molar-refractivity contribution is 0.0376. The van der Waals surface area contributed by atoms with Gasteiger partial charge in [-0.05, 0) is 36.8 Å². The molecule has 1 amide bonds. The van der Waals surface area contributed by atoms with Crippen LogP contribution in [-0.2, 0) is 4.74 Å². The molecular formula is C23H26BrCl2N3O4S. The van der Waals surface area contributed by atoms with Crippen LogP contribution in [0, 0.1) is 0 Å². The van der Waals surface area contributed by atoms with Crippen LogP contribution in [0.3, 0.4) is 0 Å². The van der Waals surface area contributed by atoms with Gasteiger partial charge in [0.2, 0.25) is 0 Å². The van der Waals surface area contributed by atoms with E-state index in [-0.39, 0.29) is 18.3 Å². The number of fused-ring (bicyclic) bond motifs is 1. The third-order valence-electron chi connectivity index (χ3n) is 5.49. The summed E-state index contributed by atoms with van der Waals surface area (Å²) in [4.78, 5) is 22.5. The first kappa shape index (κ1) is 27.0. The van der Waals surface area contributed by atoms with Crippen molar-refractivity contribution in [2.75, 3.05) is 58.5 Å². The molecule has 1 fully saturated rings. The molecule has 0 unspecified atom stereocenters. The smallest absolute Gasteiger partial charge is 0.261 e. The molecule has 1 aromatic heterocycles. The van der Waals surface area contributed by atoms with Crippen molar-refractivity contribution in [3.63, 3.8) is 0 Å². The summed E-state index contributed by atoms with van der Waals surface area (Å²) in [7, 11) is 3.22. The van der Waals surface area contributed by atoms with Gasteiger partial charge in [0, 0.05) is 30.7 Å². The van der Waals surface area contributed by atoms with Gasteiger partial charge >= 0.3 is 0 Å². The number of amides is 1. The fraction of sp³-hybridized carbons (Fsp3) is 0.391. The van der Waals surface area contributed by atoms with Crippen molar-refractivity contribution in [3.8, 4) is 11.5 Å². The monoisotopic (exact) mass is 589 g/mol. The van der Waals surface area contributed by atoms with E-state index in [1.807, 2.05) is 18.2 Å². The number of methoxy groups -OCH3 is 2. The average Bonchev–Trinajstić information content (AvgIpc) is 3.28. The lowest BCUT2D eigenvalue weighted by Crippen LogP contribution is -2.39. The first-order valence-electron chi connectivity index (χ1n) is 10.6. The third-order valence-corrected chi connectivity index (χ3v) is 7.41. The Labute approximate surface area is 222 Å². The molecule has 1 saturated heterocycles. The number of anilines is 1. The van der Waals surface area contributed by atoms with Gasteiger partial charge in [0.15, 0.2) is 5.13 Å². The van der Waals surface area contributed by atoms with Gasteiger partial charge in [0.25, 0.3) is 5.91 Å². The van der Waals surface area contributed by atoms with Gasteiger partial charge in [0.1, 0.15) is 21.7 Å². The van der Waals surface area contributed by atoms with Crippen LogP contribution in [0.2, 0.25) is 5.02 Å². The van der Waals surface area contributed by atoms with Gasteiger partial charge in [-0.2, -0.15) is 0 Å². The summed E-state index contributed by atoms with van der Waals surface area (Å²) >= 11 is 11.3. The predicted molar refractivity (Wildman–Crippen MR) is 143 cm³/mol. The van der Waals surface area contributed by atoms with Crippen molar-refractivity contribution >= 4 is 72.5 Å². The summed E-state index contributed by atoms with van der Waals surface area (Å²) in [6, 6.07) is 8.94. The molecule has 4 rings (SSSR count). The van der Waals surface area contributed by atoms with Crippen molar-refractivity contribution in [2.45, 2.75) is 6.42 Å². The second kappa shape index (κ2) is 12.4. The Morgan fingerprint density at radius 1 is 1.21 bits per heavy atom. The van der Waals surface area contributed by atoms with E-state index in [4.69, 9.17) is 30.8 Å². The number of aromatic nitrogens is 1. The zero-order valence-electron chi connectivity index (χ0n) is 18.9. The lowest BCUT2D eigenvalue weighted by Gasteiger charge is -2.28. The maximum absolute atomic E-state index is 13.7. The van der Waals surface area contributed by atoms with Crippen LogP contribution in [0.25, 0.3) is 10.2 Å². The largest absolute Gasteiger partial charge is 0.495 e. The quantitative estimate of drug-likeness (QED) is 0.344. The Balaban J connectivity index is 0.00000324. The molecule has 0 saturated carbocycles. The molecule has 1 aliphatic rings. The molecule has 184 valence electrons. The molecule has 0 radical (unpaired) electrons. The predicted octanol–water partition coefficient (Wildman–Crippen LogP) is 5.52. The minimum absolute atomic E-state index is 0. The topological polar surface area (TPSA) is 64.1 Å². The van der Waals surface area contributed by atoms with Gasteiger partial charge in [0.05, 0.1) is 38.0 Å². The van der Waals surface area contributed by atoms with E-state index in [0.717, 1.165) is 48.4 Å². The zero-order chi connectivity index (χ0) is 23.4. The number of halogens is 3. The number of ether oxygens (including phenoxy) is 3. The van der Waals surface area contributed by atoms with Crippen molar-refractivity contribution in [1.29, 1.82) is 0 Å². The summed E-state index contributed by atoms with van der Waals surface area (Å²) in [5, 5.41) is 0.980. The number of nitrogens with zero attached hydrogens (tertiary/aromatic N) is 3. The van der Waals surface area contributed by atoms with Crippen LogP contribution < -0.4 is 14.4 Å².